The molecule has 0 spiro atoms. The molecule has 208 valence electrons. The van der Waals surface area contributed by atoms with Gasteiger partial charge in [-0.05, 0) is 36.8 Å². The van der Waals surface area contributed by atoms with Crippen LogP contribution in [0.25, 0.3) is 5.69 Å². The van der Waals surface area contributed by atoms with Gasteiger partial charge in [-0.3, -0.25) is 15.5 Å². The number of hydrogen-bond acceptors (Lipinski definition) is 6. The van der Waals surface area contributed by atoms with Crippen LogP contribution < -0.4 is 20.7 Å². The molecule has 3 aromatic rings. The monoisotopic (exact) mass is 544 g/mol. The van der Waals surface area contributed by atoms with E-state index >= 15 is 0 Å². The minimum Gasteiger partial charge on any atom is -0.475 e. The Kier molecular flexibility index (Phi) is 8.94. The third kappa shape index (κ3) is 6.62. The van der Waals surface area contributed by atoms with Crippen LogP contribution in [0, 0.1) is 11.6 Å². The van der Waals surface area contributed by atoms with Crippen molar-refractivity contribution in [1.29, 1.82) is 0 Å². The summed E-state index contributed by atoms with van der Waals surface area (Å²) in [4.78, 5) is 26.9. The quantitative estimate of drug-likeness (QED) is 0.305. The summed E-state index contributed by atoms with van der Waals surface area (Å²) in [6.07, 6.45) is -1.37. The van der Waals surface area contributed by atoms with Gasteiger partial charge in [0, 0.05) is 32.7 Å². The topological polar surface area (TPSA) is 130 Å². The molecule has 3 amide bonds. The summed E-state index contributed by atoms with van der Waals surface area (Å²) in [7, 11) is 1.58. The third-order valence-corrected chi connectivity index (χ3v) is 6.29. The maximum atomic E-state index is 14.0. The highest BCUT2D eigenvalue weighted by molar-refractivity contribution is 5.97. The van der Waals surface area contributed by atoms with E-state index in [1.807, 2.05) is 0 Å². The van der Waals surface area contributed by atoms with E-state index in [1.54, 1.807) is 44.4 Å². The summed E-state index contributed by atoms with van der Waals surface area (Å²) in [5.74, 6) is -2.22. The highest BCUT2D eigenvalue weighted by Gasteiger charge is 2.35. The van der Waals surface area contributed by atoms with Gasteiger partial charge in [-0.25, -0.2) is 23.1 Å². The lowest BCUT2D eigenvalue weighted by Crippen LogP contribution is -2.42. The van der Waals surface area contributed by atoms with E-state index in [1.165, 1.54) is 10.7 Å². The predicted molar refractivity (Wildman–Crippen MR) is 140 cm³/mol. The lowest BCUT2D eigenvalue weighted by molar-refractivity contribution is 0.159. The molecule has 11 nitrogen and oxygen atoms in total. The molecule has 1 saturated heterocycles. The van der Waals surface area contributed by atoms with Gasteiger partial charge in [-0.15, -0.1) is 5.10 Å². The van der Waals surface area contributed by atoms with Crippen LogP contribution in [0.1, 0.15) is 18.4 Å². The van der Waals surface area contributed by atoms with Gasteiger partial charge in [0.25, 0.3) is 5.88 Å². The zero-order valence-corrected chi connectivity index (χ0v) is 21.5. The Bertz CT molecular complexity index is 1310. The number of aromatic nitrogens is 2. The highest BCUT2D eigenvalue weighted by atomic mass is 19.2. The maximum Gasteiger partial charge on any atom is 0.409 e. The summed E-state index contributed by atoms with van der Waals surface area (Å²) >= 11 is 0. The fourth-order valence-electron chi connectivity index (χ4n) is 4.55. The van der Waals surface area contributed by atoms with E-state index in [0.29, 0.717) is 37.5 Å². The minimum absolute atomic E-state index is 0.00896. The molecule has 1 aliphatic rings. The van der Waals surface area contributed by atoms with Crippen LogP contribution in [-0.2, 0) is 4.74 Å². The fraction of sp³-hybridized carbons (Fsp3) is 0.346. The van der Waals surface area contributed by atoms with Gasteiger partial charge in [-0.1, -0.05) is 24.3 Å². The number of hydrogen-bond donors (Lipinski definition) is 4. The molecule has 0 radical (unpaired) electrons. The van der Waals surface area contributed by atoms with Crippen LogP contribution in [0.3, 0.4) is 0 Å². The van der Waals surface area contributed by atoms with Crippen molar-refractivity contribution in [3.8, 4) is 11.6 Å². The average molecular weight is 545 g/mol. The number of para-hydroxylation sites is 1. The van der Waals surface area contributed by atoms with Crippen molar-refractivity contribution >= 4 is 23.6 Å². The summed E-state index contributed by atoms with van der Waals surface area (Å²) in [5.41, 5.74) is 1.06. The third-order valence-electron chi connectivity index (χ3n) is 6.29. The number of carbonyl (C=O) groups is 2. The fourth-order valence-corrected chi connectivity index (χ4v) is 4.55. The molecule has 1 fully saturated rings. The Labute approximate surface area is 223 Å². The molecule has 1 aromatic heterocycles. The van der Waals surface area contributed by atoms with Gasteiger partial charge in [0.2, 0.25) is 0 Å². The van der Waals surface area contributed by atoms with Crippen molar-refractivity contribution < 1.29 is 33.0 Å². The molecule has 0 bridgehead atoms. The van der Waals surface area contributed by atoms with E-state index in [4.69, 9.17) is 9.47 Å². The minimum atomic E-state index is -1.37. The molecule has 4 N–H and O–H groups in total. The van der Waals surface area contributed by atoms with Crippen LogP contribution in [0.2, 0.25) is 0 Å². The Morgan fingerprint density at radius 2 is 1.87 bits per heavy atom. The maximum absolute atomic E-state index is 14.0. The molecular weight excluding hydrogens is 514 g/mol. The Balaban J connectivity index is 1.63. The summed E-state index contributed by atoms with van der Waals surface area (Å²) in [6, 6.07) is 11.4. The number of amides is 3. The molecular formula is C26H30F2N6O5. The van der Waals surface area contributed by atoms with Gasteiger partial charge < -0.3 is 19.9 Å². The lowest BCUT2D eigenvalue weighted by Gasteiger charge is -2.21. The van der Waals surface area contributed by atoms with Crippen molar-refractivity contribution in [3.05, 3.63) is 65.7 Å². The molecule has 2 heterocycles. The predicted octanol–water partition coefficient (Wildman–Crippen LogP) is 3.88. The van der Waals surface area contributed by atoms with E-state index in [0.717, 1.165) is 12.1 Å². The lowest BCUT2D eigenvalue weighted by atomic mass is 9.94. The van der Waals surface area contributed by atoms with Crippen LogP contribution in [-0.4, -0.2) is 77.9 Å². The normalized spacial score (nSPS) is 17.1. The largest absolute Gasteiger partial charge is 0.475 e. The van der Waals surface area contributed by atoms with E-state index in [9.17, 15) is 23.5 Å². The first kappa shape index (κ1) is 27.8. The van der Waals surface area contributed by atoms with Crippen molar-refractivity contribution in [2.24, 2.45) is 0 Å². The second-order valence-electron chi connectivity index (χ2n) is 8.88. The standard InChI is InChI=1S/C26H30F2N6O5/c1-3-39-24-22(30-26(36)37)23(34(32-24)17-7-5-4-6-8-17)31-25(35)29-21-15-33(11-12-38-2)14-18(21)16-9-10-19(27)20(28)13-16/h4-10,13,18,21,30H,3,11-12,14-15H2,1-2H3,(H,36,37)(H2,29,31,35)/t18-,21+/m0/s1. The van der Waals surface area contributed by atoms with E-state index in [2.05, 4.69) is 25.9 Å². The van der Waals surface area contributed by atoms with Crippen LogP contribution in [0.4, 0.5) is 29.9 Å². The van der Waals surface area contributed by atoms with Crippen LogP contribution >= 0.6 is 0 Å². The number of rotatable bonds is 10. The van der Waals surface area contributed by atoms with Crippen molar-refractivity contribution in [2.75, 3.05) is 50.6 Å². The Hall–Kier alpha value is -4.23. The molecule has 4 rings (SSSR count). The number of carboxylic acid groups (broad SMARTS) is 1. The van der Waals surface area contributed by atoms with Gasteiger partial charge >= 0.3 is 12.1 Å². The van der Waals surface area contributed by atoms with E-state index < -0.39 is 29.8 Å². The molecule has 0 unspecified atom stereocenters. The molecule has 2 aromatic carbocycles. The Morgan fingerprint density at radius 3 is 2.54 bits per heavy atom. The highest BCUT2D eigenvalue weighted by Crippen LogP contribution is 2.35. The number of halogens is 2. The van der Waals surface area contributed by atoms with Crippen LogP contribution in [0.15, 0.2) is 48.5 Å². The number of anilines is 2. The number of benzene rings is 2. The Morgan fingerprint density at radius 1 is 1.10 bits per heavy atom. The molecule has 13 heteroatoms. The van der Waals surface area contributed by atoms with Crippen LogP contribution in [0.5, 0.6) is 5.88 Å². The first-order valence-electron chi connectivity index (χ1n) is 12.4. The number of likely N-dealkylation sites (tertiary alicyclic amines) is 1. The number of nitrogens with one attached hydrogen (secondary N) is 3. The average Bonchev–Trinajstić information content (AvgIpc) is 3.46. The number of urea groups is 1. The second kappa shape index (κ2) is 12.5. The summed E-state index contributed by atoms with van der Waals surface area (Å²) in [5, 5.41) is 21.7. The van der Waals surface area contributed by atoms with E-state index in [-0.39, 0.29) is 29.9 Å². The summed E-state index contributed by atoms with van der Waals surface area (Å²) < 4.78 is 39.7. The smallest absolute Gasteiger partial charge is 0.409 e. The first-order valence-corrected chi connectivity index (χ1v) is 12.4. The van der Waals surface area contributed by atoms with Crippen molar-refractivity contribution in [1.82, 2.24) is 20.0 Å². The first-order chi connectivity index (χ1) is 18.8. The van der Waals surface area contributed by atoms with Gasteiger partial charge in [0.05, 0.1) is 24.9 Å². The number of nitrogens with zero attached hydrogens (tertiary/aromatic N) is 3. The molecule has 0 saturated carbocycles. The van der Waals surface area contributed by atoms with Gasteiger partial charge in [0.1, 0.15) is 0 Å². The molecule has 2 atom stereocenters. The van der Waals surface area contributed by atoms with Gasteiger partial charge in [-0.2, -0.15) is 0 Å². The molecule has 1 aliphatic heterocycles. The van der Waals surface area contributed by atoms with Gasteiger partial charge in [0.15, 0.2) is 23.1 Å². The SMILES string of the molecule is CCOc1nn(-c2ccccc2)c(NC(=O)N[C@@H]2CN(CCOC)C[C@H]2c2ccc(F)c(F)c2)c1NC(=O)O. The zero-order valence-electron chi connectivity index (χ0n) is 21.5. The molecule has 39 heavy (non-hydrogen) atoms. The number of ether oxygens (including phenoxy) is 2. The zero-order chi connectivity index (χ0) is 27.9. The van der Waals surface area contributed by atoms with Crippen molar-refractivity contribution in [3.63, 3.8) is 0 Å². The van der Waals surface area contributed by atoms with Crippen molar-refractivity contribution in [2.45, 2.75) is 18.9 Å². The number of carbonyl (C=O) groups excluding carboxylic acids is 1. The number of methoxy groups -OCH3 is 1. The second-order valence-corrected chi connectivity index (χ2v) is 8.88. The summed E-state index contributed by atoms with van der Waals surface area (Å²) in [6.45, 7) is 3.90. The molecule has 0 aliphatic carbocycles.